The molecule has 2 aromatic rings. The number of carbonyl (C=O) groups is 1. The molecule has 2 aromatic carbocycles. The smallest absolute Gasteiger partial charge is 0.416 e. The number of nitrogens with one attached hydrogen (secondary N) is 1. The van der Waals surface area contributed by atoms with Crippen molar-refractivity contribution < 1.29 is 27.6 Å². The van der Waals surface area contributed by atoms with Gasteiger partial charge in [0.05, 0.1) is 23.8 Å². The molecule has 196 valence electrons. The van der Waals surface area contributed by atoms with Gasteiger partial charge in [0.25, 0.3) is 5.17 Å². The van der Waals surface area contributed by atoms with Crippen LogP contribution in [0.25, 0.3) is 0 Å². The fourth-order valence-corrected chi connectivity index (χ4v) is 5.72. The molecule has 3 rings (SSSR count). The molecule has 10 heteroatoms. The van der Waals surface area contributed by atoms with E-state index in [1.807, 2.05) is 0 Å². The topological polar surface area (TPSA) is 66.9 Å². The Hall–Kier alpha value is -2.36. The molecule has 0 amide bonds. The minimum atomic E-state index is -4.50. The summed E-state index contributed by atoms with van der Waals surface area (Å²) in [4.78, 5) is 18.6. The SMILES string of the molecule is CCOC(=O)C1=C(C)[NH+](c2cccc(C(F)(F)F)c2)C(SCCCCCI)=N[C@@H]1c1ccc(C#N)cc1. The maximum atomic E-state index is 13.5. The summed E-state index contributed by atoms with van der Waals surface area (Å²) in [7, 11) is 0. The van der Waals surface area contributed by atoms with Crippen molar-refractivity contribution in [3.8, 4) is 6.07 Å². The highest BCUT2D eigenvalue weighted by Gasteiger charge is 2.40. The van der Waals surface area contributed by atoms with Crippen molar-refractivity contribution in [2.75, 3.05) is 16.8 Å². The molecular formula is C27H28F3IN3O2S+. The summed E-state index contributed by atoms with van der Waals surface area (Å²) in [5, 5.41) is 9.78. The first-order valence-electron chi connectivity index (χ1n) is 11.9. The molecule has 2 atom stereocenters. The van der Waals surface area contributed by atoms with Gasteiger partial charge in [-0.3, -0.25) is 0 Å². The van der Waals surface area contributed by atoms with E-state index in [9.17, 15) is 23.2 Å². The van der Waals surface area contributed by atoms with Gasteiger partial charge < -0.3 is 4.74 Å². The van der Waals surface area contributed by atoms with Crippen LogP contribution in [0.5, 0.6) is 0 Å². The molecule has 0 aromatic heterocycles. The molecule has 1 aliphatic heterocycles. The van der Waals surface area contributed by atoms with Crippen LogP contribution in [0.2, 0.25) is 0 Å². The van der Waals surface area contributed by atoms with Gasteiger partial charge in [0.15, 0.2) is 0 Å². The number of allylic oxidation sites excluding steroid dienone is 1. The molecule has 0 saturated carbocycles. The minimum Gasteiger partial charge on any atom is -0.462 e. The summed E-state index contributed by atoms with van der Waals surface area (Å²) in [6.07, 6.45) is -1.42. The summed E-state index contributed by atoms with van der Waals surface area (Å²) >= 11 is 3.83. The Kier molecular flexibility index (Phi) is 10.6. The van der Waals surface area contributed by atoms with E-state index < -0.39 is 23.8 Å². The molecule has 0 saturated heterocycles. The number of esters is 1. The van der Waals surface area contributed by atoms with E-state index in [4.69, 9.17) is 9.73 Å². The van der Waals surface area contributed by atoms with Crippen LogP contribution in [-0.4, -0.2) is 27.9 Å². The zero-order valence-corrected chi connectivity index (χ0v) is 23.5. The molecule has 37 heavy (non-hydrogen) atoms. The first kappa shape index (κ1) is 29.2. The second-order valence-electron chi connectivity index (χ2n) is 8.38. The number of nitriles is 1. The number of thioether (sulfide) groups is 1. The first-order valence-corrected chi connectivity index (χ1v) is 14.4. The lowest BCUT2D eigenvalue weighted by molar-refractivity contribution is -0.681. The van der Waals surface area contributed by atoms with Crippen molar-refractivity contribution in [3.05, 3.63) is 76.5 Å². The Morgan fingerprint density at radius 2 is 1.92 bits per heavy atom. The third kappa shape index (κ3) is 7.36. The molecule has 0 bridgehead atoms. The normalized spacial score (nSPS) is 17.8. The number of hydrogen-bond acceptors (Lipinski definition) is 5. The van der Waals surface area contributed by atoms with Crippen LogP contribution in [0, 0.1) is 11.3 Å². The molecule has 1 aliphatic rings. The largest absolute Gasteiger partial charge is 0.462 e. The quantitative estimate of drug-likeness (QED) is 0.149. The van der Waals surface area contributed by atoms with Gasteiger partial charge in [0.2, 0.25) is 0 Å². The van der Waals surface area contributed by atoms with Gasteiger partial charge in [0, 0.05) is 18.7 Å². The number of amidine groups is 1. The number of quaternary nitrogens is 1. The van der Waals surface area contributed by atoms with E-state index >= 15 is 0 Å². The molecule has 1 heterocycles. The standard InChI is InChI=1S/C27H27F3IN3O2S/c1-3-36-25(35)23-18(2)34(22-9-7-8-21(16-22)27(28,29)30)26(37-15-6-4-5-14-31)33-24(23)20-12-10-19(17-32)11-13-20/h7-13,16,24H,3-6,14-15H2,1-2H3/p+1/t24-/m1/s1. The summed E-state index contributed by atoms with van der Waals surface area (Å²) in [6.45, 7) is 3.59. The van der Waals surface area contributed by atoms with E-state index in [1.165, 1.54) is 17.8 Å². The number of benzene rings is 2. The Labute approximate surface area is 232 Å². The van der Waals surface area contributed by atoms with Crippen molar-refractivity contribution in [1.82, 2.24) is 0 Å². The lowest BCUT2D eigenvalue weighted by Gasteiger charge is -2.29. The summed E-state index contributed by atoms with van der Waals surface area (Å²) in [5.74, 6) is 0.189. The lowest BCUT2D eigenvalue weighted by atomic mass is 9.95. The summed E-state index contributed by atoms with van der Waals surface area (Å²) < 4.78 is 47.1. The summed E-state index contributed by atoms with van der Waals surface area (Å²) in [6, 6.07) is 13.3. The van der Waals surface area contributed by atoms with Crippen LogP contribution in [0.1, 0.15) is 55.8 Å². The van der Waals surface area contributed by atoms with E-state index in [2.05, 4.69) is 28.7 Å². The van der Waals surface area contributed by atoms with Crippen LogP contribution in [0.4, 0.5) is 18.9 Å². The van der Waals surface area contributed by atoms with Crippen LogP contribution >= 0.6 is 34.4 Å². The Morgan fingerprint density at radius 1 is 1.19 bits per heavy atom. The van der Waals surface area contributed by atoms with Crippen LogP contribution in [0.15, 0.2) is 64.8 Å². The van der Waals surface area contributed by atoms with Gasteiger partial charge in [-0.25, -0.2) is 14.7 Å². The van der Waals surface area contributed by atoms with E-state index in [1.54, 1.807) is 44.2 Å². The first-order chi connectivity index (χ1) is 17.7. The number of halogens is 4. The number of carbonyl (C=O) groups excluding carboxylic acids is 1. The average Bonchev–Trinajstić information content (AvgIpc) is 2.88. The van der Waals surface area contributed by atoms with Gasteiger partial charge in [-0.1, -0.05) is 47.2 Å². The molecule has 0 radical (unpaired) electrons. The predicted octanol–water partition coefficient (Wildman–Crippen LogP) is 6.38. The second kappa shape index (κ2) is 13.4. The van der Waals surface area contributed by atoms with E-state index in [0.29, 0.717) is 32.6 Å². The number of aliphatic imine (C=N–C) groups is 1. The molecule has 1 unspecified atom stereocenters. The predicted molar refractivity (Wildman–Crippen MR) is 148 cm³/mol. The molecule has 0 fully saturated rings. The van der Waals surface area contributed by atoms with Gasteiger partial charge in [-0.15, -0.1) is 0 Å². The Bertz CT molecular complexity index is 1210. The Morgan fingerprint density at radius 3 is 2.54 bits per heavy atom. The van der Waals surface area contributed by atoms with Gasteiger partial charge in [0.1, 0.15) is 23.0 Å². The van der Waals surface area contributed by atoms with Crippen LogP contribution in [-0.2, 0) is 15.7 Å². The number of ether oxygens (including phenoxy) is 1. The molecular weight excluding hydrogens is 614 g/mol. The minimum absolute atomic E-state index is 0.150. The fourth-order valence-electron chi connectivity index (χ4n) is 4.04. The number of hydrogen-bond donors (Lipinski definition) is 1. The maximum Gasteiger partial charge on any atom is 0.416 e. The van der Waals surface area contributed by atoms with E-state index in [0.717, 1.165) is 41.6 Å². The highest BCUT2D eigenvalue weighted by atomic mass is 127. The van der Waals surface area contributed by atoms with Crippen LogP contribution in [0.3, 0.4) is 0 Å². The zero-order valence-electron chi connectivity index (χ0n) is 20.6. The molecule has 5 nitrogen and oxygen atoms in total. The van der Waals surface area contributed by atoms with Crippen molar-refractivity contribution in [2.24, 2.45) is 4.99 Å². The van der Waals surface area contributed by atoms with Crippen molar-refractivity contribution >= 4 is 51.2 Å². The monoisotopic (exact) mass is 642 g/mol. The number of nitrogens with zero attached hydrogens (tertiary/aromatic N) is 2. The second-order valence-corrected chi connectivity index (χ2v) is 10.5. The number of rotatable bonds is 9. The lowest BCUT2D eigenvalue weighted by Crippen LogP contribution is -3.08. The summed E-state index contributed by atoms with van der Waals surface area (Å²) in [5.41, 5.74) is 1.59. The third-order valence-corrected chi connectivity index (χ3v) is 7.70. The zero-order chi connectivity index (χ0) is 27.0. The average molecular weight is 643 g/mol. The highest BCUT2D eigenvalue weighted by molar-refractivity contribution is 14.1. The molecule has 0 spiro atoms. The Balaban J connectivity index is 2.13. The van der Waals surface area contributed by atoms with Gasteiger partial charge in [-0.05, 0) is 65.8 Å². The maximum absolute atomic E-state index is 13.5. The highest BCUT2D eigenvalue weighted by Crippen LogP contribution is 2.34. The third-order valence-electron chi connectivity index (χ3n) is 5.86. The molecule has 1 N–H and O–H groups in total. The van der Waals surface area contributed by atoms with E-state index in [-0.39, 0.29) is 12.2 Å². The van der Waals surface area contributed by atoms with Crippen molar-refractivity contribution in [3.63, 3.8) is 0 Å². The van der Waals surface area contributed by atoms with Crippen molar-refractivity contribution in [1.29, 1.82) is 5.26 Å². The van der Waals surface area contributed by atoms with Crippen molar-refractivity contribution in [2.45, 2.75) is 45.3 Å². The molecule has 0 aliphatic carbocycles. The fraction of sp³-hybridized carbons (Fsp3) is 0.370. The van der Waals surface area contributed by atoms with Gasteiger partial charge >= 0.3 is 12.1 Å². The number of unbranched alkanes of at least 4 members (excludes halogenated alkanes) is 2. The van der Waals surface area contributed by atoms with Crippen LogP contribution < -0.4 is 4.90 Å². The van der Waals surface area contributed by atoms with Gasteiger partial charge in [-0.2, -0.15) is 18.4 Å². The number of alkyl halides is 4.